The zero-order valence-electron chi connectivity index (χ0n) is 11.2. The van der Waals surface area contributed by atoms with Gasteiger partial charge in [0.15, 0.2) is 0 Å². The molecule has 1 saturated carbocycles. The van der Waals surface area contributed by atoms with Gasteiger partial charge in [-0.25, -0.2) is 0 Å². The van der Waals surface area contributed by atoms with Gasteiger partial charge in [0.2, 0.25) is 5.91 Å². The van der Waals surface area contributed by atoms with E-state index in [0.717, 1.165) is 25.7 Å². The Morgan fingerprint density at radius 2 is 2.16 bits per heavy atom. The van der Waals surface area contributed by atoms with Gasteiger partial charge in [0.05, 0.1) is 12.1 Å². The van der Waals surface area contributed by atoms with Gasteiger partial charge in [0.25, 0.3) is 5.56 Å². The molecule has 0 bridgehead atoms. The summed E-state index contributed by atoms with van der Waals surface area (Å²) in [5.74, 6) is -0.132. The first-order valence-electron chi connectivity index (χ1n) is 6.61. The molecule has 0 unspecified atom stereocenters. The first-order valence-corrected chi connectivity index (χ1v) is 6.61. The highest BCUT2D eigenvalue weighted by Crippen LogP contribution is 2.29. The second-order valence-corrected chi connectivity index (χ2v) is 5.14. The molecule has 0 radical (unpaired) electrons. The SMILES string of the molecule is COCC1(NC(=O)Cn2ccccc2=O)CCCC1. The van der Waals surface area contributed by atoms with Gasteiger partial charge in [0, 0.05) is 19.4 Å². The van der Waals surface area contributed by atoms with E-state index in [1.54, 1.807) is 25.4 Å². The van der Waals surface area contributed by atoms with Crippen molar-refractivity contribution in [3.05, 3.63) is 34.7 Å². The Morgan fingerprint density at radius 1 is 1.42 bits per heavy atom. The smallest absolute Gasteiger partial charge is 0.250 e. The maximum Gasteiger partial charge on any atom is 0.250 e. The fraction of sp³-hybridized carbons (Fsp3) is 0.571. The minimum atomic E-state index is -0.246. The van der Waals surface area contributed by atoms with Crippen molar-refractivity contribution in [3.63, 3.8) is 0 Å². The van der Waals surface area contributed by atoms with Gasteiger partial charge in [-0.05, 0) is 18.9 Å². The van der Waals surface area contributed by atoms with Crippen molar-refractivity contribution >= 4 is 5.91 Å². The lowest BCUT2D eigenvalue weighted by atomic mass is 9.99. The summed E-state index contributed by atoms with van der Waals surface area (Å²) in [7, 11) is 1.65. The summed E-state index contributed by atoms with van der Waals surface area (Å²) < 4.78 is 6.63. The van der Waals surface area contributed by atoms with Crippen LogP contribution in [0.25, 0.3) is 0 Å². The highest BCUT2D eigenvalue weighted by atomic mass is 16.5. The van der Waals surface area contributed by atoms with Crippen LogP contribution >= 0.6 is 0 Å². The molecule has 1 aliphatic rings. The third-order valence-corrected chi connectivity index (χ3v) is 3.60. The number of hydrogen-bond donors (Lipinski definition) is 1. The summed E-state index contributed by atoms with van der Waals surface area (Å²) >= 11 is 0. The van der Waals surface area contributed by atoms with Crippen LogP contribution in [0.4, 0.5) is 0 Å². The molecule has 2 rings (SSSR count). The standard InChI is InChI=1S/C14H20N2O3/c1-19-11-14(7-3-4-8-14)15-12(17)10-16-9-5-2-6-13(16)18/h2,5-6,9H,3-4,7-8,10-11H2,1H3,(H,15,17). The van der Waals surface area contributed by atoms with Crippen molar-refractivity contribution in [1.29, 1.82) is 0 Å². The van der Waals surface area contributed by atoms with Crippen LogP contribution in [0.1, 0.15) is 25.7 Å². The Labute approximate surface area is 112 Å². The van der Waals surface area contributed by atoms with Crippen molar-refractivity contribution in [2.45, 2.75) is 37.8 Å². The van der Waals surface area contributed by atoms with Gasteiger partial charge in [0.1, 0.15) is 6.54 Å². The van der Waals surface area contributed by atoms with E-state index in [-0.39, 0.29) is 23.6 Å². The molecule has 0 saturated heterocycles. The summed E-state index contributed by atoms with van der Waals surface area (Å²) in [6.45, 7) is 0.591. The number of amides is 1. The lowest BCUT2D eigenvalue weighted by Gasteiger charge is -2.29. The van der Waals surface area contributed by atoms with Crippen molar-refractivity contribution in [2.24, 2.45) is 0 Å². The van der Waals surface area contributed by atoms with Crippen LogP contribution in [0.3, 0.4) is 0 Å². The maximum atomic E-state index is 12.1. The number of nitrogens with one attached hydrogen (secondary N) is 1. The zero-order valence-corrected chi connectivity index (χ0v) is 11.2. The van der Waals surface area contributed by atoms with Crippen LogP contribution in [-0.4, -0.2) is 29.7 Å². The molecular weight excluding hydrogens is 244 g/mol. The Morgan fingerprint density at radius 3 is 2.79 bits per heavy atom. The van der Waals surface area contributed by atoms with Crippen LogP contribution in [-0.2, 0) is 16.1 Å². The van der Waals surface area contributed by atoms with Crippen LogP contribution in [0.2, 0.25) is 0 Å². The first-order chi connectivity index (χ1) is 9.15. The highest BCUT2D eigenvalue weighted by Gasteiger charge is 2.35. The second kappa shape index (κ2) is 6.02. The van der Waals surface area contributed by atoms with Crippen molar-refractivity contribution in [3.8, 4) is 0 Å². The van der Waals surface area contributed by atoms with Gasteiger partial charge in [-0.15, -0.1) is 0 Å². The minimum Gasteiger partial charge on any atom is -0.382 e. The number of pyridine rings is 1. The van der Waals surface area contributed by atoms with E-state index in [1.807, 2.05) is 0 Å². The molecule has 19 heavy (non-hydrogen) atoms. The molecule has 1 aromatic heterocycles. The van der Waals surface area contributed by atoms with Crippen LogP contribution < -0.4 is 10.9 Å². The van der Waals surface area contributed by atoms with E-state index in [0.29, 0.717) is 6.61 Å². The second-order valence-electron chi connectivity index (χ2n) is 5.14. The predicted octanol–water partition coefficient (Wildman–Crippen LogP) is 0.924. The molecule has 1 amide bonds. The molecule has 1 N–H and O–H groups in total. The molecule has 5 nitrogen and oxygen atoms in total. The molecule has 0 atom stereocenters. The summed E-state index contributed by atoms with van der Waals surface area (Å²) in [6.07, 6.45) is 5.72. The van der Waals surface area contributed by atoms with Crippen LogP contribution in [0.5, 0.6) is 0 Å². The molecule has 0 aliphatic heterocycles. The summed E-state index contributed by atoms with van der Waals surface area (Å²) in [5, 5.41) is 3.05. The first kappa shape index (κ1) is 13.8. The molecule has 0 aromatic carbocycles. The lowest BCUT2D eigenvalue weighted by Crippen LogP contribution is -2.51. The molecule has 5 heteroatoms. The number of carbonyl (C=O) groups is 1. The third-order valence-electron chi connectivity index (χ3n) is 3.60. The molecule has 0 spiro atoms. The number of methoxy groups -OCH3 is 1. The largest absolute Gasteiger partial charge is 0.382 e. The Hall–Kier alpha value is -1.62. The van der Waals surface area contributed by atoms with E-state index < -0.39 is 0 Å². The van der Waals surface area contributed by atoms with E-state index in [2.05, 4.69) is 5.32 Å². The maximum absolute atomic E-state index is 12.1. The monoisotopic (exact) mass is 264 g/mol. The third kappa shape index (κ3) is 3.44. The molecule has 1 aromatic rings. The number of nitrogens with zero attached hydrogens (tertiary/aromatic N) is 1. The van der Waals surface area contributed by atoms with Gasteiger partial charge in [-0.1, -0.05) is 18.9 Å². The minimum absolute atomic E-state index is 0.0607. The van der Waals surface area contributed by atoms with Gasteiger partial charge >= 0.3 is 0 Å². The average Bonchev–Trinajstić information content (AvgIpc) is 2.81. The molecular formula is C14H20N2O3. The summed E-state index contributed by atoms with van der Waals surface area (Å²) in [4.78, 5) is 23.6. The topological polar surface area (TPSA) is 60.3 Å². The van der Waals surface area contributed by atoms with E-state index in [4.69, 9.17) is 4.74 Å². The zero-order chi connectivity index (χ0) is 13.7. The fourth-order valence-corrected chi connectivity index (χ4v) is 2.71. The predicted molar refractivity (Wildman–Crippen MR) is 71.9 cm³/mol. The van der Waals surface area contributed by atoms with E-state index in [9.17, 15) is 9.59 Å². The Balaban J connectivity index is 2.00. The highest BCUT2D eigenvalue weighted by molar-refractivity contribution is 5.76. The number of hydrogen-bond acceptors (Lipinski definition) is 3. The van der Waals surface area contributed by atoms with Crippen LogP contribution in [0, 0.1) is 0 Å². The molecule has 1 fully saturated rings. The normalized spacial score (nSPS) is 17.3. The van der Waals surface area contributed by atoms with Crippen LogP contribution in [0.15, 0.2) is 29.2 Å². The Kier molecular flexibility index (Phi) is 4.37. The number of rotatable bonds is 5. The average molecular weight is 264 g/mol. The molecule has 1 aliphatic carbocycles. The number of ether oxygens (including phenoxy) is 1. The van der Waals surface area contributed by atoms with E-state index in [1.165, 1.54) is 10.6 Å². The quantitative estimate of drug-likeness (QED) is 0.860. The Bertz CT molecular complexity index is 489. The van der Waals surface area contributed by atoms with Gasteiger partial charge < -0.3 is 14.6 Å². The summed E-state index contributed by atoms with van der Waals surface area (Å²) in [6, 6.07) is 4.86. The van der Waals surface area contributed by atoms with Crippen molar-refractivity contribution in [1.82, 2.24) is 9.88 Å². The van der Waals surface area contributed by atoms with Gasteiger partial charge in [-0.2, -0.15) is 0 Å². The van der Waals surface area contributed by atoms with Crippen molar-refractivity contribution < 1.29 is 9.53 Å². The molecule has 1 heterocycles. The number of aromatic nitrogens is 1. The number of carbonyl (C=O) groups excluding carboxylic acids is 1. The van der Waals surface area contributed by atoms with Crippen molar-refractivity contribution in [2.75, 3.05) is 13.7 Å². The van der Waals surface area contributed by atoms with E-state index >= 15 is 0 Å². The lowest BCUT2D eigenvalue weighted by molar-refractivity contribution is -0.124. The summed E-state index contributed by atoms with van der Waals surface area (Å²) in [5.41, 5.74) is -0.408. The van der Waals surface area contributed by atoms with Gasteiger partial charge in [-0.3, -0.25) is 9.59 Å². The molecule has 104 valence electrons. The fourth-order valence-electron chi connectivity index (χ4n) is 2.71.